The Morgan fingerprint density at radius 2 is 2.00 bits per heavy atom. The van der Waals surface area contributed by atoms with Gasteiger partial charge >= 0.3 is 0 Å². The Hall–Kier alpha value is -1.38. The molecule has 1 heterocycles. The lowest BCUT2D eigenvalue weighted by molar-refractivity contribution is 0.0927. The highest BCUT2D eigenvalue weighted by Gasteiger charge is 2.14. The van der Waals surface area contributed by atoms with Crippen LogP contribution in [-0.2, 0) is 0 Å². The van der Waals surface area contributed by atoms with Gasteiger partial charge in [-0.3, -0.25) is 9.78 Å². The SMILES string of the molecule is [CH2]C(C)(C)NC(=O)c1ccncc1. The van der Waals surface area contributed by atoms with Crippen LogP contribution in [0.3, 0.4) is 0 Å². The van der Waals surface area contributed by atoms with Crippen molar-refractivity contribution in [2.75, 3.05) is 0 Å². The Labute approximate surface area is 78.2 Å². The van der Waals surface area contributed by atoms with Crippen LogP contribution in [0.15, 0.2) is 24.5 Å². The number of carbonyl (C=O) groups is 1. The first-order valence-electron chi connectivity index (χ1n) is 4.07. The normalized spacial score (nSPS) is 11.0. The van der Waals surface area contributed by atoms with Crippen LogP contribution in [0, 0.1) is 6.92 Å². The summed E-state index contributed by atoms with van der Waals surface area (Å²) in [4.78, 5) is 15.3. The molecule has 0 aliphatic heterocycles. The van der Waals surface area contributed by atoms with Crippen molar-refractivity contribution in [1.29, 1.82) is 0 Å². The molecule has 69 valence electrons. The number of amides is 1. The predicted molar refractivity (Wildman–Crippen MR) is 51.1 cm³/mol. The van der Waals surface area contributed by atoms with Crippen molar-refractivity contribution in [3.63, 3.8) is 0 Å². The second-order valence-corrected chi connectivity index (χ2v) is 3.57. The number of aromatic nitrogens is 1. The smallest absolute Gasteiger partial charge is 0.251 e. The molecule has 13 heavy (non-hydrogen) atoms. The molecule has 3 nitrogen and oxygen atoms in total. The first kappa shape index (κ1) is 9.71. The van der Waals surface area contributed by atoms with Crippen molar-refractivity contribution in [3.05, 3.63) is 37.0 Å². The van der Waals surface area contributed by atoms with Gasteiger partial charge in [-0.05, 0) is 32.9 Å². The van der Waals surface area contributed by atoms with Gasteiger partial charge in [0, 0.05) is 23.5 Å². The van der Waals surface area contributed by atoms with Crippen molar-refractivity contribution >= 4 is 5.91 Å². The largest absolute Gasteiger partial charge is 0.347 e. The molecular weight excluding hydrogens is 164 g/mol. The molecule has 0 saturated carbocycles. The number of rotatable bonds is 2. The molecule has 1 aromatic rings. The average molecular weight is 177 g/mol. The summed E-state index contributed by atoms with van der Waals surface area (Å²) in [5, 5.41) is 2.76. The van der Waals surface area contributed by atoms with Crippen molar-refractivity contribution in [2.24, 2.45) is 0 Å². The molecule has 1 radical (unpaired) electrons. The maximum Gasteiger partial charge on any atom is 0.251 e. The van der Waals surface area contributed by atoms with E-state index in [1.54, 1.807) is 24.5 Å². The summed E-state index contributed by atoms with van der Waals surface area (Å²) in [6.45, 7) is 7.47. The number of carbonyl (C=O) groups excluding carboxylic acids is 1. The minimum absolute atomic E-state index is 0.123. The van der Waals surface area contributed by atoms with Gasteiger partial charge in [0.25, 0.3) is 5.91 Å². The van der Waals surface area contributed by atoms with Gasteiger partial charge in [-0.15, -0.1) is 0 Å². The van der Waals surface area contributed by atoms with E-state index in [1.165, 1.54) is 0 Å². The van der Waals surface area contributed by atoms with E-state index in [2.05, 4.69) is 17.2 Å². The Morgan fingerprint density at radius 3 is 2.46 bits per heavy atom. The van der Waals surface area contributed by atoms with Crippen LogP contribution in [0.4, 0.5) is 0 Å². The minimum Gasteiger partial charge on any atom is -0.347 e. The highest BCUT2D eigenvalue weighted by Crippen LogP contribution is 2.02. The molecule has 0 aliphatic rings. The van der Waals surface area contributed by atoms with E-state index < -0.39 is 5.54 Å². The van der Waals surface area contributed by atoms with Gasteiger partial charge in [-0.25, -0.2) is 0 Å². The molecule has 1 amide bonds. The lowest BCUT2D eigenvalue weighted by Gasteiger charge is -2.20. The Kier molecular flexibility index (Phi) is 2.66. The van der Waals surface area contributed by atoms with Gasteiger partial charge in [-0.2, -0.15) is 0 Å². The third-order valence-corrected chi connectivity index (χ3v) is 1.39. The third kappa shape index (κ3) is 3.23. The van der Waals surface area contributed by atoms with Gasteiger partial charge in [0.05, 0.1) is 0 Å². The zero-order valence-electron chi connectivity index (χ0n) is 7.87. The molecule has 0 aliphatic carbocycles. The zero-order valence-corrected chi connectivity index (χ0v) is 7.87. The van der Waals surface area contributed by atoms with Gasteiger partial charge in [0.1, 0.15) is 0 Å². The average Bonchev–Trinajstić information content (AvgIpc) is 2.03. The summed E-state index contributed by atoms with van der Waals surface area (Å²) < 4.78 is 0. The lowest BCUT2D eigenvalue weighted by Crippen LogP contribution is -2.40. The quantitative estimate of drug-likeness (QED) is 0.742. The van der Waals surface area contributed by atoms with Crippen LogP contribution < -0.4 is 5.32 Å². The molecule has 0 bridgehead atoms. The summed E-state index contributed by atoms with van der Waals surface area (Å²) in [5.41, 5.74) is 0.159. The second-order valence-electron chi connectivity index (χ2n) is 3.57. The first-order valence-corrected chi connectivity index (χ1v) is 4.07. The topological polar surface area (TPSA) is 42.0 Å². The summed E-state index contributed by atoms with van der Waals surface area (Å²) in [7, 11) is 0. The van der Waals surface area contributed by atoms with E-state index in [0.29, 0.717) is 5.56 Å². The Bertz CT molecular complexity index is 288. The lowest BCUT2D eigenvalue weighted by atomic mass is 10.1. The van der Waals surface area contributed by atoms with Crippen LogP contribution in [0.5, 0.6) is 0 Å². The number of hydrogen-bond donors (Lipinski definition) is 1. The Morgan fingerprint density at radius 1 is 1.46 bits per heavy atom. The molecule has 0 aromatic carbocycles. The molecule has 1 aromatic heterocycles. The summed E-state index contributed by atoms with van der Waals surface area (Å²) in [5.74, 6) is -0.123. The summed E-state index contributed by atoms with van der Waals surface area (Å²) >= 11 is 0. The van der Waals surface area contributed by atoms with Crippen molar-refractivity contribution in [2.45, 2.75) is 19.4 Å². The molecule has 1 rings (SSSR count). The summed E-state index contributed by atoms with van der Waals surface area (Å²) in [6.07, 6.45) is 3.18. The maximum atomic E-state index is 11.5. The molecule has 3 heteroatoms. The summed E-state index contributed by atoms with van der Waals surface area (Å²) in [6, 6.07) is 3.34. The van der Waals surface area contributed by atoms with Crippen LogP contribution >= 0.6 is 0 Å². The van der Waals surface area contributed by atoms with Crippen LogP contribution in [0.1, 0.15) is 24.2 Å². The third-order valence-electron chi connectivity index (χ3n) is 1.39. The molecule has 0 unspecified atom stereocenters. The molecule has 0 fully saturated rings. The highest BCUT2D eigenvalue weighted by atomic mass is 16.1. The van der Waals surface area contributed by atoms with Gasteiger partial charge < -0.3 is 5.32 Å². The van der Waals surface area contributed by atoms with E-state index in [4.69, 9.17) is 0 Å². The fraction of sp³-hybridized carbons (Fsp3) is 0.300. The second kappa shape index (κ2) is 3.56. The molecule has 0 atom stereocenters. The number of hydrogen-bond acceptors (Lipinski definition) is 2. The number of nitrogens with one attached hydrogen (secondary N) is 1. The van der Waals surface area contributed by atoms with E-state index in [9.17, 15) is 4.79 Å². The van der Waals surface area contributed by atoms with E-state index in [-0.39, 0.29) is 5.91 Å². The predicted octanol–water partition coefficient (Wildman–Crippen LogP) is 1.42. The van der Waals surface area contributed by atoms with E-state index in [0.717, 1.165) is 0 Å². The fourth-order valence-corrected chi connectivity index (χ4v) is 0.883. The molecule has 0 spiro atoms. The van der Waals surface area contributed by atoms with Gasteiger partial charge in [0.15, 0.2) is 0 Å². The van der Waals surface area contributed by atoms with Crippen molar-refractivity contribution in [1.82, 2.24) is 10.3 Å². The standard InChI is InChI=1S/C10H13N2O/c1-10(2,3)12-9(13)8-4-6-11-7-5-8/h4-7H,1H2,2-3H3,(H,12,13). The van der Waals surface area contributed by atoms with Gasteiger partial charge in [-0.1, -0.05) is 0 Å². The van der Waals surface area contributed by atoms with Crippen molar-refractivity contribution < 1.29 is 4.79 Å². The zero-order chi connectivity index (χ0) is 9.90. The van der Waals surface area contributed by atoms with Crippen molar-refractivity contribution in [3.8, 4) is 0 Å². The maximum absolute atomic E-state index is 11.5. The Balaban J connectivity index is 2.71. The fourth-order valence-electron chi connectivity index (χ4n) is 0.883. The molecule has 0 saturated heterocycles. The molecule has 1 N–H and O–H groups in total. The van der Waals surface area contributed by atoms with E-state index in [1.807, 2.05) is 13.8 Å². The minimum atomic E-state index is -0.444. The highest BCUT2D eigenvalue weighted by molar-refractivity contribution is 5.94. The van der Waals surface area contributed by atoms with Gasteiger partial charge in [0.2, 0.25) is 0 Å². The van der Waals surface area contributed by atoms with Crippen LogP contribution in [-0.4, -0.2) is 16.4 Å². The monoisotopic (exact) mass is 177 g/mol. The number of nitrogens with zero attached hydrogens (tertiary/aromatic N) is 1. The van der Waals surface area contributed by atoms with Crippen LogP contribution in [0.2, 0.25) is 0 Å². The van der Waals surface area contributed by atoms with Crippen LogP contribution in [0.25, 0.3) is 0 Å². The number of pyridine rings is 1. The first-order chi connectivity index (χ1) is 5.99. The van der Waals surface area contributed by atoms with E-state index >= 15 is 0 Å². The molecular formula is C10H13N2O.